The van der Waals surface area contributed by atoms with Crippen LogP contribution in [0.15, 0.2) is 23.6 Å². The third-order valence-corrected chi connectivity index (χ3v) is 4.12. The topological polar surface area (TPSA) is 34.1 Å². The van der Waals surface area contributed by atoms with E-state index in [0.29, 0.717) is 13.2 Å². The van der Waals surface area contributed by atoms with Gasteiger partial charge in [0.05, 0.1) is 12.6 Å². The van der Waals surface area contributed by atoms with Gasteiger partial charge in [-0.2, -0.15) is 0 Å². The largest absolute Gasteiger partial charge is 0.383 e. The van der Waals surface area contributed by atoms with Gasteiger partial charge in [0, 0.05) is 24.7 Å². The maximum atomic E-state index is 13.5. The number of methoxy groups -OCH3 is 1. The summed E-state index contributed by atoms with van der Waals surface area (Å²) in [6, 6.07) is 4.77. The second-order valence-corrected chi connectivity index (χ2v) is 5.60. The Hall–Kier alpha value is -1.30. The van der Waals surface area contributed by atoms with Crippen molar-refractivity contribution >= 4 is 11.3 Å². The van der Waals surface area contributed by atoms with Crippen molar-refractivity contribution in [2.24, 2.45) is 0 Å². The maximum Gasteiger partial charge on any atom is 0.123 e. The van der Waals surface area contributed by atoms with Crippen molar-refractivity contribution in [3.63, 3.8) is 0 Å². The molecule has 0 amide bonds. The lowest BCUT2D eigenvalue weighted by Crippen LogP contribution is -2.26. The zero-order valence-corrected chi connectivity index (χ0v) is 12.8. The molecule has 0 saturated heterocycles. The fourth-order valence-corrected chi connectivity index (χ4v) is 2.95. The fourth-order valence-electron chi connectivity index (χ4n) is 2.06. The highest BCUT2D eigenvalue weighted by Crippen LogP contribution is 2.27. The van der Waals surface area contributed by atoms with Gasteiger partial charge >= 0.3 is 0 Å². The number of ether oxygens (including phenoxy) is 1. The SMILES string of the molecule is COCCNC(c1nc(C)cs1)c1cc(F)ccc1C. The van der Waals surface area contributed by atoms with Crippen LogP contribution in [0.3, 0.4) is 0 Å². The molecule has 1 heterocycles. The van der Waals surface area contributed by atoms with Crippen molar-refractivity contribution in [2.45, 2.75) is 19.9 Å². The van der Waals surface area contributed by atoms with Gasteiger partial charge in [-0.15, -0.1) is 11.3 Å². The number of nitrogens with zero attached hydrogens (tertiary/aromatic N) is 1. The number of aryl methyl sites for hydroxylation is 2. The van der Waals surface area contributed by atoms with Crippen molar-refractivity contribution < 1.29 is 9.13 Å². The Balaban J connectivity index is 2.32. The van der Waals surface area contributed by atoms with E-state index in [0.717, 1.165) is 21.8 Å². The second-order valence-electron chi connectivity index (χ2n) is 4.71. The standard InChI is InChI=1S/C15H19FN2OS/c1-10-4-5-12(16)8-13(10)14(17-6-7-19-3)15-18-11(2)9-20-15/h4-5,8-9,14,17H,6-7H2,1-3H3. The van der Waals surface area contributed by atoms with Gasteiger partial charge in [-0.3, -0.25) is 0 Å². The number of thiazole rings is 1. The first-order valence-electron chi connectivity index (χ1n) is 6.52. The number of benzene rings is 1. The monoisotopic (exact) mass is 294 g/mol. The molecule has 1 atom stereocenters. The van der Waals surface area contributed by atoms with Gasteiger partial charge in [0.2, 0.25) is 0 Å². The lowest BCUT2D eigenvalue weighted by atomic mass is 10.0. The van der Waals surface area contributed by atoms with Crippen LogP contribution >= 0.6 is 11.3 Å². The van der Waals surface area contributed by atoms with E-state index in [9.17, 15) is 4.39 Å². The van der Waals surface area contributed by atoms with Gasteiger partial charge in [-0.25, -0.2) is 9.37 Å². The van der Waals surface area contributed by atoms with Crippen LogP contribution in [0.25, 0.3) is 0 Å². The van der Waals surface area contributed by atoms with E-state index >= 15 is 0 Å². The average Bonchev–Trinajstić information content (AvgIpc) is 2.84. The van der Waals surface area contributed by atoms with Crippen molar-refractivity contribution in [2.75, 3.05) is 20.3 Å². The number of nitrogens with one attached hydrogen (secondary N) is 1. The molecule has 1 N–H and O–H groups in total. The van der Waals surface area contributed by atoms with Crippen molar-refractivity contribution in [1.29, 1.82) is 0 Å². The molecular weight excluding hydrogens is 275 g/mol. The van der Waals surface area contributed by atoms with E-state index in [1.165, 1.54) is 6.07 Å². The summed E-state index contributed by atoms with van der Waals surface area (Å²) in [7, 11) is 1.66. The Bertz CT molecular complexity index is 571. The molecule has 3 nitrogen and oxygen atoms in total. The van der Waals surface area contributed by atoms with Gasteiger partial charge in [-0.1, -0.05) is 6.07 Å². The molecule has 0 aliphatic heterocycles. The first kappa shape index (κ1) is 15.1. The van der Waals surface area contributed by atoms with Crippen LogP contribution in [0, 0.1) is 19.7 Å². The van der Waals surface area contributed by atoms with Crippen LogP contribution in [0.4, 0.5) is 4.39 Å². The summed E-state index contributed by atoms with van der Waals surface area (Å²) in [5.41, 5.74) is 2.96. The summed E-state index contributed by atoms with van der Waals surface area (Å²) in [5, 5.41) is 6.35. The molecule has 0 spiro atoms. The zero-order valence-electron chi connectivity index (χ0n) is 11.9. The smallest absolute Gasteiger partial charge is 0.123 e. The molecule has 2 rings (SSSR count). The van der Waals surface area contributed by atoms with E-state index in [-0.39, 0.29) is 11.9 Å². The third kappa shape index (κ3) is 3.62. The average molecular weight is 294 g/mol. The molecule has 1 unspecified atom stereocenters. The highest BCUT2D eigenvalue weighted by atomic mass is 32.1. The molecule has 2 aromatic rings. The first-order valence-corrected chi connectivity index (χ1v) is 7.40. The number of aromatic nitrogens is 1. The lowest BCUT2D eigenvalue weighted by molar-refractivity contribution is 0.197. The minimum atomic E-state index is -0.225. The van der Waals surface area contributed by atoms with Crippen molar-refractivity contribution in [3.8, 4) is 0 Å². The molecule has 0 aliphatic carbocycles. The second kappa shape index (κ2) is 6.92. The molecule has 5 heteroatoms. The molecular formula is C15H19FN2OS. The Labute approximate surface area is 122 Å². The van der Waals surface area contributed by atoms with Gasteiger partial charge < -0.3 is 10.1 Å². The van der Waals surface area contributed by atoms with Gasteiger partial charge in [0.15, 0.2) is 0 Å². The van der Waals surface area contributed by atoms with E-state index < -0.39 is 0 Å². The van der Waals surface area contributed by atoms with Crippen LogP contribution < -0.4 is 5.32 Å². The molecule has 0 fully saturated rings. The predicted octanol–water partition coefficient (Wildman–Crippen LogP) is 3.22. The Morgan fingerprint density at radius 1 is 1.40 bits per heavy atom. The maximum absolute atomic E-state index is 13.5. The number of hydrogen-bond acceptors (Lipinski definition) is 4. The van der Waals surface area contributed by atoms with E-state index in [1.54, 1.807) is 30.6 Å². The number of halogens is 1. The fraction of sp³-hybridized carbons (Fsp3) is 0.400. The van der Waals surface area contributed by atoms with Crippen molar-refractivity contribution in [1.82, 2.24) is 10.3 Å². The van der Waals surface area contributed by atoms with Crippen LogP contribution in [0.1, 0.15) is 27.9 Å². The number of hydrogen-bond donors (Lipinski definition) is 1. The minimum Gasteiger partial charge on any atom is -0.383 e. The highest BCUT2D eigenvalue weighted by molar-refractivity contribution is 7.09. The van der Waals surface area contributed by atoms with Crippen LogP contribution in [0.2, 0.25) is 0 Å². The third-order valence-electron chi connectivity index (χ3n) is 3.09. The molecule has 108 valence electrons. The summed E-state index contributed by atoms with van der Waals surface area (Å²) in [6.07, 6.45) is 0. The summed E-state index contributed by atoms with van der Waals surface area (Å²) in [4.78, 5) is 4.53. The van der Waals surface area contributed by atoms with Gasteiger partial charge in [0.25, 0.3) is 0 Å². The summed E-state index contributed by atoms with van der Waals surface area (Å²) in [6.45, 7) is 5.25. The molecule has 20 heavy (non-hydrogen) atoms. The molecule has 0 bridgehead atoms. The Morgan fingerprint density at radius 2 is 2.20 bits per heavy atom. The predicted molar refractivity (Wildman–Crippen MR) is 79.7 cm³/mol. The summed E-state index contributed by atoms with van der Waals surface area (Å²) >= 11 is 1.59. The molecule has 0 saturated carbocycles. The highest BCUT2D eigenvalue weighted by Gasteiger charge is 2.19. The summed E-state index contributed by atoms with van der Waals surface area (Å²) in [5.74, 6) is -0.225. The molecule has 1 aromatic heterocycles. The molecule has 1 aromatic carbocycles. The molecule has 0 aliphatic rings. The van der Waals surface area contributed by atoms with E-state index in [2.05, 4.69) is 10.3 Å². The first-order chi connectivity index (χ1) is 9.61. The lowest BCUT2D eigenvalue weighted by Gasteiger charge is -2.19. The number of rotatable bonds is 6. The quantitative estimate of drug-likeness (QED) is 0.831. The van der Waals surface area contributed by atoms with Gasteiger partial charge in [0.1, 0.15) is 10.8 Å². The van der Waals surface area contributed by atoms with Crippen LogP contribution in [0.5, 0.6) is 0 Å². The zero-order chi connectivity index (χ0) is 14.5. The normalized spacial score (nSPS) is 12.6. The van der Waals surface area contributed by atoms with Crippen LogP contribution in [-0.2, 0) is 4.74 Å². The Morgan fingerprint density at radius 3 is 2.85 bits per heavy atom. The van der Waals surface area contributed by atoms with E-state index in [1.807, 2.05) is 19.2 Å². The Kier molecular flexibility index (Phi) is 5.23. The molecule has 0 radical (unpaired) electrons. The van der Waals surface area contributed by atoms with Gasteiger partial charge in [-0.05, 0) is 37.1 Å². The minimum absolute atomic E-state index is 0.0976. The summed E-state index contributed by atoms with van der Waals surface area (Å²) < 4.78 is 18.6. The van der Waals surface area contributed by atoms with Crippen LogP contribution in [-0.4, -0.2) is 25.2 Å². The van der Waals surface area contributed by atoms with Crippen molar-refractivity contribution in [3.05, 3.63) is 51.2 Å². The van der Waals surface area contributed by atoms with E-state index in [4.69, 9.17) is 4.74 Å².